The van der Waals surface area contributed by atoms with Crippen molar-refractivity contribution < 1.29 is 0 Å². The summed E-state index contributed by atoms with van der Waals surface area (Å²) in [6.45, 7) is 5.71. The van der Waals surface area contributed by atoms with Gasteiger partial charge >= 0.3 is 0 Å². The van der Waals surface area contributed by atoms with E-state index in [9.17, 15) is 0 Å². The van der Waals surface area contributed by atoms with E-state index in [0.29, 0.717) is 6.04 Å². The lowest BCUT2D eigenvalue weighted by molar-refractivity contribution is 0.320. The zero-order valence-corrected chi connectivity index (χ0v) is 12.5. The van der Waals surface area contributed by atoms with Crippen molar-refractivity contribution in [2.24, 2.45) is 0 Å². The minimum atomic E-state index is 0.401. The molecule has 5 nitrogen and oxygen atoms in total. The van der Waals surface area contributed by atoms with Gasteiger partial charge in [-0.3, -0.25) is 0 Å². The second-order valence-corrected chi connectivity index (χ2v) is 6.17. The lowest BCUT2D eigenvalue weighted by atomic mass is 10.2. The molecule has 1 N–H and O–H groups in total. The molecule has 2 aliphatic heterocycles. The van der Waals surface area contributed by atoms with Crippen LogP contribution < -0.4 is 5.32 Å². The van der Waals surface area contributed by atoms with Gasteiger partial charge in [0.15, 0.2) is 5.65 Å². The number of fused-ring (bicyclic) bond motifs is 1. The molecule has 4 heterocycles. The lowest BCUT2D eigenvalue weighted by Crippen LogP contribution is -2.26. The molecular weight excluding hydrogens is 262 g/mol. The summed E-state index contributed by atoms with van der Waals surface area (Å²) >= 11 is 0. The summed E-state index contributed by atoms with van der Waals surface area (Å²) in [5.74, 6) is 1.18. The van der Waals surface area contributed by atoms with E-state index in [2.05, 4.69) is 25.8 Å². The molecule has 0 aliphatic carbocycles. The van der Waals surface area contributed by atoms with E-state index in [0.717, 1.165) is 30.8 Å². The number of likely N-dealkylation sites (tertiary alicyclic amines) is 1. The highest BCUT2D eigenvalue weighted by molar-refractivity contribution is 5.71. The maximum Gasteiger partial charge on any atom is 0.160 e. The second kappa shape index (κ2) is 5.73. The van der Waals surface area contributed by atoms with Crippen molar-refractivity contribution >= 4 is 11.2 Å². The van der Waals surface area contributed by atoms with Crippen LogP contribution in [0.4, 0.5) is 0 Å². The average Bonchev–Trinajstić information content (AvgIpc) is 3.25. The molecule has 112 valence electrons. The fraction of sp³-hybridized carbons (Fsp3) is 0.625. The van der Waals surface area contributed by atoms with Gasteiger partial charge in [-0.15, -0.1) is 0 Å². The van der Waals surface area contributed by atoms with Crippen LogP contribution in [0.15, 0.2) is 18.3 Å². The first-order chi connectivity index (χ1) is 10.4. The molecular formula is C16H23N5. The third-order valence-electron chi connectivity index (χ3n) is 4.74. The summed E-state index contributed by atoms with van der Waals surface area (Å²) in [6, 6.07) is 4.46. The standard InChI is InChI=1S/C16H23N5/c1-2-10-20(9-1)11-12-21-15-14(6-4-8-18-15)19-16(21)13-5-3-7-17-13/h4,6,8,13,17H,1-3,5,7,9-12H2. The molecule has 2 saturated heterocycles. The maximum atomic E-state index is 4.86. The minimum Gasteiger partial charge on any atom is -0.310 e. The molecule has 4 rings (SSSR count). The number of hydrogen-bond donors (Lipinski definition) is 1. The van der Waals surface area contributed by atoms with Crippen molar-refractivity contribution in [3.63, 3.8) is 0 Å². The maximum absolute atomic E-state index is 4.86. The van der Waals surface area contributed by atoms with Crippen molar-refractivity contribution in [2.45, 2.75) is 38.3 Å². The molecule has 0 radical (unpaired) electrons. The van der Waals surface area contributed by atoms with Gasteiger partial charge in [0.05, 0.1) is 6.04 Å². The van der Waals surface area contributed by atoms with Crippen LogP contribution in [0.2, 0.25) is 0 Å². The normalized spacial score (nSPS) is 23.3. The number of aromatic nitrogens is 3. The molecule has 2 aromatic rings. The number of pyridine rings is 1. The van der Waals surface area contributed by atoms with Crippen LogP contribution >= 0.6 is 0 Å². The quantitative estimate of drug-likeness (QED) is 0.932. The molecule has 0 spiro atoms. The van der Waals surface area contributed by atoms with Gasteiger partial charge in [-0.25, -0.2) is 9.97 Å². The molecule has 5 heteroatoms. The Balaban J connectivity index is 1.64. The summed E-state index contributed by atoms with van der Waals surface area (Å²) < 4.78 is 2.34. The highest BCUT2D eigenvalue weighted by Crippen LogP contribution is 2.25. The van der Waals surface area contributed by atoms with Crippen molar-refractivity contribution in [1.82, 2.24) is 24.8 Å². The summed E-state index contributed by atoms with van der Waals surface area (Å²) in [5, 5.41) is 3.58. The van der Waals surface area contributed by atoms with E-state index >= 15 is 0 Å². The molecule has 0 saturated carbocycles. The third-order valence-corrected chi connectivity index (χ3v) is 4.74. The fourth-order valence-corrected chi connectivity index (χ4v) is 3.62. The summed E-state index contributed by atoms with van der Waals surface area (Å²) in [5.41, 5.74) is 2.07. The molecule has 2 aliphatic rings. The number of nitrogens with zero attached hydrogens (tertiary/aromatic N) is 4. The topological polar surface area (TPSA) is 46.0 Å². The van der Waals surface area contributed by atoms with E-state index in [-0.39, 0.29) is 0 Å². The summed E-state index contributed by atoms with van der Waals surface area (Å²) in [7, 11) is 0. The number of rotatable bonds is 4. The van der Waals surface area contributed by atoms with Crippen molar-refractivity contribution in [3.05, 3.63) is 24.2 Å². The Hall–Kier alpha value is -1.46. The largest absolute Gasteiger partial charge is 0.310 e. The monoisotopic (exact) mass is 285 g/mol. The van der Waals surface area contributed by atoms with Crippen LogP contribution in [0.5, 0.6) is 0 Å². The number of nitrogens with one attached hydrogen (secondary N) is 1. The Morgan fingerprint density at radius 2 is 2.10 bits per heavy atom. The molecule has 0 aromatic carbocycles. The van der Waals surface area contributed by atoms with Crippen molar-refractivity contribution in [1.29, 1.82) is 0 Å². The molecule has 2 fully saturated rings. The van der Waals surface area contributed by atoms with Crippen LogP contribution in [-0.4, -0.2) is 45.6 Å². The SMILES string of the molecule is c1cnc2c(c1)nc(C1CCCN1)n2CCN1CCCC1. The Bertz CT molecular complexity index is 608. The first-order valence-electron chi connectivity index (χ1n) is 8.19. The van der Waals surface area contributed by atoms with Crippen LogP contribution in [0.3, 0.4) is 0 Å². The minimum absolute atomic E-state index is 0.401. The smallest absolute Gasteiger partial charge is 0.160 e. The first kappa shape index (κ1) is 13.2. The molecule has 2 aromatic heterocycles. The van der Waals surface area contributed by atoms with Gasteiger partial charge in [0.2, 0.25) is 0 Å². The molecule has 0 amide bonds. The lowest BCUT2D eigenvalue weighted by Gasteiger charge is -2.18. The first-order valence-corrected chi connectivity index (χ1v) is 8.19. The molecule has 21 heavy (non-hydrogen) atoms. The number of imidazole rings is 1. The van der Waals surface area contributed by atoms with Crippen LogP contribution in [0.25, 0.3) is 11.2 Å². The molecule has 1 atom stereocenters. The van der Waals surface area contributed by atoms with Gasteiger partial charge in [-0.2, -0.15) is 0 Å². The number of hydrogen-bond acceptors (Lipinski definition) is 4. The van der Waals surface area contributed by atoms with E-state index in [1.807, 2.05) is 12.3 Å². The van der Waals surface area contributed by atoms with E-state index in [1.54, 1.807) is 0 Å². The predicted octanol–water partition coefficient (Wildman–Crippen LogP) is 1.95. The average molecular weight is 285 g/mol. The van der Waals surface area contributed by atoms with Gasteiger partial charge in [0.25, 0.3) is 0 Å². The van der Waals surface area contributed by atoms with Gasteiger partial charge in [0.1, 0.15) is 11.3 Å². The van der Waals surface area contributed by atoms with E-state index < -0.39 is 0 Å². The van der Waals surface area contributed by atoms with Gasteiger partial charge in [-0.1, -0.05) is 0 Å². The van der Waals surface area contributed by atoms with Crippen molar-refractivity contribution in [2.75, 3.05) is 26.2 Å². The predicted molar refractivity (Wildman–Crippen MR) is 83.2 cm³/mol. The Labute approximate surface area is 125 Å². The zero-order chi connectivity index (χ0) is 14.1. The molecule has 1 unspecified atom stereocenters. The summed E-state index contributed by atoms with van der Waals surface area (Å²) in [6.07, 6.45) is 7.00. The van der Waals surface area contributed by atoms with E-state index in [4.69, 9.17) is 4.98 Å². The van der Waals surface area contributed by atoms with Crippen LogP contribution in [-0.2, 0) is 6.54 Å². The Morgan fingerprint density at radius 1 is 1.19 bits per heavy atom. The van der Waals surface area contributed by atoms with E-state index in [1.165, 1.54) is 44.6 Å². The van der Waals surface area contributed by atoms with Gasteiger partial charge in [0, 0.05) is 19.3 Å². The van der Waals surface area contributed by atoms with Crippen LogP contribution in [0, 0.1) is 0 Å². The Morgan fingerprint density at radius 3 is 2.90 bits per heavy atom. The molecule has 0 bridgehead atoms. The van der Waals surface area contributed by atoms with Crippen LogP contribution in [0.1, 0.15) is 37.5 Å². The van der Waals surface area contributed by atoms with Gasteiger partial charge in [-0.05, 0) is 57.5 Å². The summed E-state index contributed by atoms with van der Waals surface area (Å²) in [4.78, 5) is 12.0. The van der Waals surface area contributed by atoms with Gasteiger partial charge < -0.3 is 14.8 Å². The highest BCUT2D eigenvalue weighted by atomic mass is 15.2. The fourth-order valence-electron chi connectivity index (χ4n) is 3.62. The zero-order valence-electron chi connectivity index (χ0n) is 12.5. The van der Waals surface area contributed by atoms with Crippen molar-refractivity contribution in [3.8, 4) is 0 Å². The third kappa shape index (κ3) is 2.56. The second-order valence-electron chi connectivity index (χ2n) is 6.17. The highest BCUT2D eigenvalue weighted by Gasteiger charge is 2.24. The Kier molecular flexibility index (Phi) is 3.61.